The van der Waals surface area contributed by atoms with Crippen molar-refractivity contribution in [1.82, 2.24) is 0 Å². The maximum atomic E-state index is 11.3. The smallest absolute Gasteiger partial charge is 0.163 e. The van der Waals surface area contributed by atoms with E-state index in [0.29, 0.717) is 0 Å². The number of hydrogen-bond acceptors (Lipinski definition) is 2. The monoisotopic (exact) mass is 162 g/mol. The third-order valence-electron chi connectivity index (χ3n) is 2.53. The summed E-state index contributed by atoms with van der Waals surface area (Å²) in [7, 11) is 0. The standard InChI is InChI=1S/C10H10O2/c11-9-5-6-10(12)8-4-2-1-3-7(8)9/h1,3,5-8H,2,4H2. The first-order chi connectivity index (χ1) is 5.79. The van der Waals surface area contributed by atoms with E-state index < -0.39 is 0 Å². The number of carbonyl (C=O) groups excluding carboxylic acids is 2. The lowest BCUT2D eigenvalue weighted by Crippen LogP contribution is -2.32. The van der Waals surface area contributed by atoms with Gasteiger partial charge in [0.1, 0.15) is 0 Å². The lowest BCUT2D eigenvalue weighted by molar-refractivity contribution is -0.127. The van der Waals surface area contributed by atoms with Gasteiger partial charge in [-0.15, -0.1) is 0 Å². The lowest BCUT2D eigenvalue weighted by Gasteiger charge is -2.25. The molecule has 62 valence electrons. The first-order valence-electron chi connectivity index (χ1n) is 4.21. The first kappa shape index (κ1) is 7.47. The number of allylic oxidation sites excluding steroid dienone is 4. The zero-order chi connectivity index (χ0) is 8.55. The van der Waals surface area contributed by atoms with Crippen LogP contribution >= 0.6 is 0 Å². The van der Waals surface area contributed by atoms with Crippen LogP contribution in [0.5, 0.6) is 0 Å². The Morgan fingerprint density at radius 1 is 1.17 bits per heavy atom. The zero-order valence-corrected chi connectivity index (χ0v) is 6.69. The van der Waals surface area contributed by atoms with Crippen LogP contribution in [0.2, 0.25) is 0 Å². The van der Waals surface area contributed by atoms with E-state index in [9.17, 15) is 9.59 Å². The van der Waals surface area contributed by atoms with Crippen LogP contribution < -0.4 is 0 Å². The molecule has 0 bridgehead atoms. The van der Waals surface area contributed by atoms with Crippen molar-refractivity contribution in [2.75, 3.05) is 0 Å². The summed E-state index contributed by atoms with van der Waals surface area (Å²) in [4.78, 5) is 22.6. The van der Waals surface area contributed by atoms with Gasteiger partial charge in [-0.1, -0.05) is 12.2 Å². The van der Waals surface area contributed by atoms with Gasteiger partial charge in [0.2, 0.25) is 0 Å². The molecule has 0 aromatic rings. The van der Waals surface area contributed by atoms with Gasteiger partial charge in [-0.3, -0.25) is 9.59 Å². The van der Waals surface area contributed by atoms with E-state index in [1.807, 2.05) is 12.2 Å². The van der Waals surface area contributed by atoms with Crippen LogP contribution in [0.3, 0.4) is 0 Å². The van der Waals surface area contributed by atoms with Crippen LogP contribution in [-0.2, 0) is 9.59 Å². The molecule has 2 unspecified atom stereocenters. The van der Waals surface area contributed by atoms with Gasteiger partial charge in [0.05, 0.1) is 0 Å². The van der Waals surface area contributed by atoms with Crippen molar-refractivity contribution in [3.63, 3.8) is 0 Å². The van der Waals surface area contributed by atoms with Gasteiger partial charge in [-0.2, -0.15) is 0 Å². The van der Waals surface area contributed by atoms with Gasteiger partial charge in [0.25, 0.3) is 0 Å². The minimum absolute atomic E-state index is 0.0625. The average molecular weight is 162 g/mol. The molecule has 2 rings (SSSR count). The zero-order valence-electron chi connectivity index (χ0n) is 6.69. The van der Waals surface area contributed by atoms with E-state index in [1.54, 1.807) is 0 Å². The molecular formula is C10H10O2. The molecule has 0 saturated carbocycles. The number of ketones is 2. The number of carbonyl (C=O) groups is 2. The van der Waals surface area contributed by atoms with Crippen LogP contribution in [0.15, 0.2) is 24.3 Å². The Hall–Kier alpha value is -1.18. The Morgan fingerprint density at radius 3 is 2.67 bits per heavy atom. The summed E-state index contributed by atoms with van der Waals surface area (Å²) in [6.07, 6.45) is 8.44. The van der Waals surface area contributed by atoms with Crippen molar-refractivity contribution in [3.05, 3.63) is 24.3 Å². The second-order valence-corrected chi connectivity index (χ2v) is 3.28. The number of fused-ring (bicyclic) bond motifs is 1. The summed E-state index contributed by atoms with van der Waals surface area (Å²) < 4.78 is 0. The number of hydrogen-bond donors (Lipinski definition) is 0. The Bertz CT molecular complexity index is 286. The second kappa shape index (κ2) is 2.70. The SMILES string of the molecule is O=C1C=CC(=O)C2CCC=CC12. The van der Waals surface area contributed by atoms with Gasteiger partial charge in [-0.05, 0) is 25.0 Å². The molecule has 2 nitrogen and oxygen atoms in total. The molecule has 0 amide bonds. The van der Waals surface area contributed by atoms with E-state index >= 15 is 0 Å². The van der Waals surface area contributed by atoms with Gasteiger partial charge in [0, 0.05) is 11.8 Å². The average Bonchev–Trinajstić information content (AvgIpc) is 2.12. The van der Waals surface area contributed by atoms with Crippen LogP contribution in [0.1, 0.15) is 12.8 Å². The molecule has 0 fully saturated rings. The van der Waals surface area contributed by atoms with E-state index in [2.05, 4.69) is 0 Å². The van der Waals surface area contributed by atoms with Crippen molar-refractivity contribution in [3.8, 4) is 0 Å². The minimum atomic E-state index is -0.156. The molecule has 2 aliphatic rings. The fraction of sp³-hybridized carbons (Fsp3) is 0.400. The van der Waals surface area contributed by atoms with E-state index in [0.717, 1.165) is 12.8 Å². The van der Waals surface area contributed by atoms with Crippen molar-refractivity contribution >= 4 is 11.6 Å². The highest BCUT2D eigenvalue weighted by Crippen LogP contribution is 2.29. The molecule has 0 saturated heterocycles. The molecule has 0 N–H and O–H groups in total. The van der Waals surface area contributed by atoms with Gasteiger partial charge < -0.3 is 0 Å². The largest absolute Gasteiger partial charge is 0.295 e. The Kier molecular flexibility index (Phi) is 1.68. The topological polar surface area (TPSA) is 34.1 Å². The minimum Gasteiger partial charge on any atom is -0.295 e. The molecule has 0 radical (unpaired) electrons. The van der Waals surface area contributed by atoms with E-state index in [-0.39, 0.29) is 23.4 Å². The highest BCUT2D eigenvalue weighted by atomic mass is 16.1. The maximum Gasteiger partial charge on any atom is 0.163 e. The summed E-state index contributed by atoms with van der Waals surface area (Å²) >= 11 is 0. The highest BCUT2D eigenvalue weighted by molar-refractivity contribution is 6.08. The summed E-state index contributed by atoms with van der Waals surface area (Å²) in [6, 6.07) is 0. The van der Waals surface area contributed by atoms with Crippen LogP contribution in [0.25, 0.3) is 0 Å². The summed E-state index contributed by atoms with van der Waals surface area (Å²) in [5.74, 6) is -0.0248. The summed E-state index contributed by atoms with van der Waals surface area (Å²) in [5.41, 5.74) is 0. The van der Waals surface area contributed by atoms with Crippen molar-refractivity contribution in [2.24, 2.45) is 11.8 Å². The van der Waals surface area contributed by atoms with Crippen molar-refractivity contribution in [1.29, 1.82) is 0 Å². The van der Waals surface area contributed by atoms with Gasteiger partial charge in [0.15, 0.2) is 11.6 Å². The third kappa shape index (κ3) is 1.04. The molecule has 0 heterocycles. The molecule has 0 aromatic carbocycles. The molecule has 12 heavy (non-hydrogen) atoms. The molecule has 2 heteroatoms. The Balaban J connectivity index is 2.36. The Morgan fingerprint density at radius 2 is 1.92 bits per heavy atom. The van der Waals surface area contributed by atoms with Gasteiger partial charge >= 0.3 is 0 Å². The van der Waals surface area contributed by atoms with Crippen molar-refractivity contribution < 1.29 is 9.59 Å². The summed E-state index contributed by atoms with van der Waals surface area (Å²) in [5, 5.41) is 0. The van der Waals surface area contributed by atoms with Crippen LogP contribution in [0.4, 0.5) is 0 Å². The molecule has 0 aliphatic heterocycles. The predicted molar refractivity (Wildman–Crippen MR) is 44.5 cm³/mol. The maximum absolute atomic E-state index is 11.3. The Labute approximate surface area is 71.0 Å². The summed E-state index contributed by atoms with van der Waals surface area (Å²) in [6.45, 7) is 0. The lowest BCUT2D eigenvalue weighted by atomic mass is 9.76. The normalized spacial score (nSPS) is 33.7. The molecular weight excluding hydrogens is 152 g/mol. The predicted octanol–water partition coefficient (Wildman–Crippen LogP) is 1.28. The molecule has 2 atom stereocenters. The number of rotatable bonds is 0. The fourth-order valence-electron chi connectivity index (χ4n) is 1.84. The second-order valence-electron chi connectivity index (χ2n) is 3.28. The fourth-order valence-corrected chi connectivity index (χ4v) is 1.84. The van der Waals surface area contributed by atoms with Crippen LogP contribution in [0, 0.1) is 11.8 Å². The first-order valence-corrected chi connectivity index (χ1v) is 4.21. The van der Waals surface area contributed by atoms with Gasteiger partial charge in [-0.25, -0.2) is 0 Å². The van der Waals surface area contributed by atoms with E-state index in [4.69, 9.17) is 0 Å². The molecule has 2 aliphatic carbocycles. The third-order valence-corrected chi connectivity index (χ3v) is 2.53. The molecule has 0 spiro atoms. The highest BCUT2D eigenvalue weighted by Gasteiger charge is 2.33. The van der Waals surface area contributed by atoms with Crippen molar-refractivity contribution in [2.45, 2.75) is 12.8 Å². The van der Waals surface area contributed by atoms with E-state index in [1.165, 1.54) is 12.2 Å². The van der Waals surface area contributed by atoms with Crippen LogP contribution in [-0.4, -0.2) is 11.6 Å². The quantitative estimate of drug-likeness (QED) is 0.503. The molecule has 0 aromatic heterocycles.